The normalized spacial score (nSPS) is 10.8. The Kier molecular flexibility index (Phi) is 3.28. The minimum absolute atomic E-state index is 0.245. The van der Waals surface area contributed by atoms with E-state index < -0.39 is 0 Å². The van der Waals surface area contributed by atoms with Gasteiger partial charge in [0.15, 0.2) is 5.16 Å². The summed E-state index contributed by atoms with van der Waals surface area (Å²) in [5, 5.41) is 0.621. The maximum Gasteiger partial charge on any atom is 0.223 e. The van der Waals surface area contributed by atoms with E-state index in [0.717, 1.165) is 11.5 Å². The molecule has 2 rings (SSSR count). The van der Waals surface area contributed by atoms with Crippen LogP contribution in [0.15, 0.2) is 11.5 Å². The van der Waals surface area contributed by atoms with Gasteiger partial charge in [0.05, 0.1) is 11.4 Å². The van der Waals surface area contributed by atoms with Gasteiger partial charge in [0.1, 0.15) is 12.2 Å². The van der Waals surface area contributed by atoms with E-state index in [1.54, 1.807) is 0 Å². The lowest BCUT2D eigenvalue weighted by atomic mass is 10.4. The number of nitrogen functional groups attached to an aromatic ring is 1. The summed E-state index contributed by atoms with van der Waals surface area (Å²) in [7, 11) is 2.01. The zero-order valence-corrected chi connectivity index (χ0v) is 10.8. The molecular weight excluding hydrogens is 236 g/mol. The van der Waals surface area contributed by atoms with Gasteiger partial charge in [-0.15, -0.1) is 0 Å². The van der Waals surface area contributed by atoms with E-state index in [1.807, 2.05) is 14.0 Å². The Hall–Kier alpha value is -1.63. The molecule has 0 bridgehead atoms. The zero-order chi connectivity index (χ0) is 12.4. The highest BCUT2D eigenvalue weighted by Gasteiger charge is 2.09. The van der Waals surface area contributed by atoms with Crippen molar-refractivity contribution in [3.8, 4) is 0 Å². The summed E-state index contributed by atoms with van der Waals surface area (Å²) in [6, 6.07) is 0. The lowest BCUT2D eigenvalue weighted by Gasteiger charge is -2.02. The molecule has 7 heteroatoms. The van der Waals surface area contributed by atoms with E-state index in [-0.39, 0.29) is 5.95 Å². The summed E-state index contributed by atoms with van der Waals surface area (Å²) >= 11 is 1.50. The van der Waals surface area contributed by atoms with Crippen LogP contribution in [0.2, 0.25) is 0 Å². The van der Waals surface area contributed by atoms with Crippen molar-refractivity contribution in [1.29, 1.82) is 0 Å². The molecule has 0 fully saturated rings. The summed E-state index contributed by atoms with van der Waals surface area (Å²) < 4.78 is 2.08. The third kappa shape index (κ3) is 2.55. The summed E-state index contributed by atoms with van der Waals surface area (Å²) in [6.07, 6.45) is 1.42. The highest BCUT2D eigenvalue weighted by atomic mass is 32.2. The summed E-state index contributed by atoms with van der Waals surface area (Å²) in [6.45, 7) is 4.06. The Morgan fingerprint density at radius 3 is 2.65 bits per heavy atom. The topological polar surface area (TPSA) is 82.5 Å². The number of rotatable bonds is 3. The molecule has 0 spiro atoms. The van der Waals surface area contributed by atoms with Crippen molar-refractivity contribution >= 4 is 17.7 Å². The largest absolute Gasteiger partial charge is 0.368 e. The van der Waals surface area contributed by atoms with Gasteiger partial charge in [-0.1, -0.05) is 11.8 Å². The van der Waals surface area contributed by atoms with Crippen molar-refractivity contribution in [3.63, 3.8) is 0 Å². The van der Waals surface area contributed by atoms with Crippen LogP contribution in [0.25, 0.3) is 0 Å². The number of nitrogens with two attached hydrogens (primary N) is 1. The molecule has 2 aromatic heterocycles. The molecule has 0 radical (unpaired) electrons. The Morgan fingerprint density at radius 2 is 2.06 bits per heavy atom. The maximum absolute atomic E-state index is 5.49. The number of nitrogens with zero attached hydrogens (tertiary/aromatic N) is 5. The molecule has 90 valence electrons. The Morgan fingerprint density at radius 1 is 1.29 bits per heavy atom. The van der Waals surface area contributed by atoms with Crippen LogP contribution >= 0.6 is 11.8 Å². The number of aryl methyl sites for hydroxylation is 1. The van der Waals surface area contributed by atoms with Crippen LogP contribution in [0, 0.1) is 13.8 Å². The fraction of sp³-hybridized carbons (Fsp3) is 0.400. The SMILES string of the molecule is Cc1nc(CSc2ncnc(N)n2)n(C)c1C. The second kappa shape index (κ2) is 4.70. The minimum atomic E-state index is 0.245. The molecule has 17 heavy (non-hydrogen) atoms. The van der Waals surface area contributed by atoms with Crippen molar-refractivity contribution in [2.75, 3.05) is 5.73 Å². The molecule has 2 N–H and O–H groups in total. The highest BCUT2D eigenvalue weighted by molar-refractivity contribution is 7.98. The maximum atomic E-state index is 5.49. The molecule has 0 aliphatic rings. The molecule has 0 aliphatic heterocycles. The van der Waals surface area contributed by atoms with Crippen molar-refractivity contribution < 1.29 is 0 Å². The number of imidazole rings is 1. The smallest absolute Gasteiger partial charge is 0.223 e. The minimum Gasteiger partial charge on any atom is -0.368 e. The fourth-order valence-corrected chi connectivity index (χ4v) is 2.20. The second-order valence-corrected chi connectivity index (χ2v) is 4.62. The Balaban J connectivity index is 2.10. The predicted octanol–water partition coefficient (Wildman–Crippen LogP) is 1.10. The molecule has 0 saturated heterocycles. The van der Waals surface area contributed by atoms with Crippen molar-refractivity contribution in [2.24, 2.45) is 7.05 Å². The number of aromatic nitrogens is 5. The van der Waals surface area contributed by atoms with Crippen LogP contribution in [0.3, 0.4) is 0 Å². The van der Waals surface area contributed by atoms with E-state index >= 15 is 0 Å². The third-order valence-corrected chi connectivity index (χ3v) is 3.47. The molecule has 0 amide bonds. The first-order chi connectivity index (χ1) is 8.08. The van der Waals surface area contributed by atoms with Gasteiger partial charge in [-0.2, -0.15) is 4.98 Å². The number of thioether (sulfide) groups is 1. The molecule has 2 heterocycles. The standard InChI is InChI=1S/C10H14N6S/c1-6-7(2)16(3)8(14-6)4-17-10-13-5-12-9(11)15-10/h5H,4H2,1-3H3,(H2,11,12,13,15). The first-order valence-corrected chi connectivity index (χ1v) is 6.12. The molecule has 0 saturated carbocycles. The number of hydrogen-bond donors (Lipinski definition) is 1. The van der Waals surface area contributed by atoms with Gasteiger partial charge in [0, 0.05) is 12.7 Å². The summed E-state index contributed by atoms with van der Waals surface area (Å²) in [4.78, 5) is 16.3. The molecule has 0 aliphatic carbocycles. The molecule has 0 aromatic carbocycles. The van der Waals surface area contributed by atoms with Crippen LogP contribution in [0.1, 0.15) is 17.2 Å². The quantitative estimate of drug-likeness (QED) is 0.821. The molecule has 6 nitrogen and oxygen atoms in total. The van der Waals surface area contributed by atoms with Crippen LogP contribution in [-0.4, -0.2) is 24.5 Å². The average molecular weight is 250 g/mol. The van der Waals surface area contributed by atoms with Crippen LogP contribution in [-0.2, 0) is 12.8 Å². The van der Waals surface area contributed by atoms with Gasteiger partial charge in [-0.05, 0) is 13.8 Å². The highest BCUT2D eigenvalue weighted by Crippen LogP contribution is 2.19. The van der Waals surface area contributed by atoms with E-state index in [9.17, 15) is 0 Å². The van der Waals surface area contributed by atoms with Gasteiger partial charge < -0.3 is 10.3 Å². The monoisotopic (exact) mass is 250 g/mol. The summed E-state index contributed by atoms with van der Waals surface area (Å²) in [5.74, 6) is 1.97. The van der Waals surface area contributed by atoms with Gasteiger partial charge in [0.25, 0.3) is 0 Å². The van der Waals surface area contributed by atoms with Crippen LogP contribution in [0.4, 0.5) is 5.95 Å². The zero-order valence-electron chi connectivity index (χ0n) is 10.0. The van der Waals surface area contributed by atoms with E-state index in [1.165, 1.54) is 23.8 Å². The number of hydrogen-bond acceptors (Lipinski definition) is 6. The van der Waals surface area contributed by atoms with Crippen molar-refractivity contribution in [2.45, 2.75) is 24.8 Å². The van der Waals surface area contributed by atoms with Gasteiger partial charge in [-0.25, -0.2) is 15.0 Å². The number of anilines is 1. The van der Waals surface area contributed by atoms with Gasteiger partial charge in [0.2, 0.25) is 5.95 Å². The van der Waals surface area contributed by atoms with Crippen molar-refractivity contribution in [1.82, 2.24) is 24.5 Å². The lowest BCUT2D eigenvalue weighted by molar-refractivity contribution is 0.817. The lowest BCUT2D eigenvalue weighted by Crippen LogP contribution is -2.00. The molecule has 2 aromatic rings. The first-order valence-electron chi connectivity index (χ1n) is 5.14. The fourth-order valence-electron chi connectivity index (χ4n) is 1.41. The second-order valence-electron chi connectivity index (χ2n) is 3.67. The van der Waals surface area contributed by atoms with Crippen LogP contribution < -0.4 is 5.73 Å². The average Bonchev–Trinajstić information content (AvgIpc) is 2.54. The third-order valence-electron chi connectivity index (χ3n) is 2.61. The molecular formula is C10H14N6S. The molecule has 0 atom stereocenters. The molecule has 0 unspecified atom stereocenters. The van der Waals surface area contributed by atoms with E-state index in [4.69, 9.17) is 5.73 Å². The van der Waals surface area contributed by atoms with Gasteiger partial charge >= 0.3 is 0 Å². The Bertz CT molecular complexity index is 536. The van der Waals surface area contributed by atoms with Crippen LogP contribution in [0.5, 0.6) is 0 Å². The van der Waals surface area contributed by atoms with E-state index in [2.05, 4.69) is 31.4 Å². The summed E-state index contributed by atoms with van der Waals surface area (Å²) in [5.41, 5.74) is 7.72. The first kappa shape index (κ1) is 11.8. The Labute approximate surface area is 104 Å². The van der Waals surface area contributed by atoms with E-state index in [0.29, 0.717) is 10.9 Å². The van der Waals surface area contributed by atoms with Gasteiger partial charge in [-0.3, -0.25) is 0 Å². The van der Waals surface area contributed by atoms with Crippen molar-refractivity contribution in [3.05, 3.63) is 23.5 Å². The predicted molar refractivity (Wildman–Crippen MR) is 66.5 cm³/mol.